The molecule has 0 fully saturated rings. The zero-order chi connectivity index (χ0) is 36.7. The van der Waals surface area contributed by atoms with E-state index in [-0.39, 0.29) is 5.41 Å². The molecular formula is C51H36N2O2. The van der Waals surface area contributed by atoms with Gasteiger partial charge < -0.3 is 18.9 Å². The van der Waals surface area contributed by atoms with Gasteiger partial charge in [-0.2, -0.15) is 0 Å². The topological polar surface area (TPSA) is 26.6 Å². The second-order valence-corrected chi connectivity index (χ2v) is 15.0. The molecule has 1 aromatic heterocycles. The molecule has 55 heavy (non-hydrogen) atoms. The summed E-state index contributed by atoms with van der Waals surface area (Å²) >= 11 is 0. The molecule has 0 bridgehead atoms. The van der Waals surface area contributed by atoms with Crippen molar-refractivity contribution in [2.45, 2.75) is 19.3 Å². The van der Waals surface area contributed by atoms with E-state index in [1.54, 1.807) is 0 Å². The van der Waals surface area contributed by atoms with E-state index in [0.717, 1.165) is 44.6 Å². The fourth-order valence-corrected chi connectivity index (χ4v) is 8.74. The summed E-state index contributed by atoms with van der Waals surface area (Å²) in [5.41, 5.74) is 14.1. The summed E-state index contributed by atoms with van der Waals surface area (Å²) in [7, 11) is 0. The zero-order valence-corrected chi connectivity index (χ0v) is 30.5. The van der Waals surface area contributed by atoms with Crippen molar-refractivity contribution in [2.24, 2.45) is 0 Å². The second kappa shape index (κ2) is 12.0. The molecular weight excluding hydrogens is 673 g/mol. The van der Waals surface area contributed by atoms with Crippen LogP contribution in [0.15, 0.2) is 182 Å². The maximum Gasteiger partial charge on any atom is 0.172 e. The molecule has 0 spiro atoms. The Balaban J connectivity index is 1.12. The summed E-state index contributed by atoms with van der Waals surface area (Å²) < 4.78 is 15.2. The number of para-hydroxylation sites is 3. The number of aromatic nitrogens is 1. The third-order valence-corrected chi connectivity index (χ3v) is 11.4. The van der Waals surface area contributed by atoms with Gasteiger partial charge in [0.15, 0.2) is 23.0 Å². The predicted octanol–water partition coefficient (Wildman–Crippen LogP) is 14.1. The second-order valence-electron chi connectivity index (χ2n) is 15.0. The van der Waals surface area contributed by atoms with Crippen molar-refractivity contribution in [3.63, 3.8) is 0 Å². The van der Waals surface area contributed by atoms with E-state index in [9.17, 15) is 0 Å². The number of rotatable bonds is 5. The summed E-state index contributed by atoms with van der Waals surface area (Å²) in [5, 5.41) is 2.22. The first-order chi connectivity index (χ1) is 27.0. The van der Waals surface area contributed by atoms with Crippen molar-refractivity contribution in [1.29, 1.82) is 0 Å². The van der Waals surface area contributed by atoms with E-state index in [1.165, 1.54) is 33.4 Å². The van der Waals surface area contributed by atoms with Crippen LogP contribution in [0, 0.1) is 0 Å². The van der Waals surface area contributed by atoms with Crippen molar-refractivity contribution in [3.8, 4) is 50.9 Å². The first-order valence-electron chi connectivity index (χ1n) is 18.8. The number of nitrogens with zero attached hydrogens (tertiary/aromatic N) is 2. The molecule has 1 aliphatic carbocycles. The molecule has 2 heterocycles. The quantitative estimate of drug-likeness (QED) is 0.178. The van der Waals surface area contributed by atoms with Crippen molar-refractivity contribution in [3.05, 3.63) is 193 Å². The Morgan fingerprint density at radius 3 is 1.75 bits per heavy atom. The van der Waals surface area contributed by atoms with Crippen LogP contribution < -0.4 is 14.4 Å². The van der Waals surface area contributed by atoms with Crippen molar-refractivity contribution < 1.29 is 9.47 Å². The molecule has 11 rings (SSSR count). The van der Waals surface area contributed by atoms with Crippen molar-refractivity contribution in [2.75, 3.05) is 4.90 Å². The Kier molecular flexibility index (Phi) is 6.86. The zero-order valence-electron chi connectivity index (χ0n) is 30.5. The molecule has 0 radical (unpaired) electrons. The van der Waals surface area contributed by atoms with Crippen LogP contribution in [-0.4, -0.2) is 4.57 Å². The Morgan fingerprint density at radius 2 is 0.982 bits per heavy atom. The highest BCUT2D eigenvalue weighted by Gasteiger charge is 2.36. The smallest absolute Gasteiger partial charge is 0.172 e. The number of hydrogen-bond acceptors (Lipinski definition) is 3. The van der Waals surface area contributed by atoms with Crippen LogP contribution in [0.3, 0.4) is 0 Å². The third kappa shape index (κ3) is 4.92. The van der Waals surface area contributed by atoms with Crippen LogP contribution in [0.5, 0.6) is 23.0 Å². The lowest BCUT2D eigenvalue weighted by molar-refractivity contribution is 0.360. The molecule has 8 aromatic carbocycles. The van der Waals surface area contributed by atoms with E-state index in [1.807, 2.05) is 24.3 Å². The molecule has 0 amide bonds. The fraction of sp³-hybridized carbons (Fsp3) is 0.0588. The lowest BCUT2D eigenvalue weighted by atomic mass is 9.82. The summed E-state index contributed by atoms with van der Waals surface area (Å²) in [6, 6.07) is 64.8. The number of fused-ring (bicyclic) bond motifs is 8. The highest BCUT2D eigenvalue weighted by molar-refractivity contribution is 6.12. The number of benzene rings is 8. The van der Waals surface area contributed by atoms with E-state index in [0.29, 0.717) is 23.0 Å². The molecule has 2 aliphatic rings. The SMILES string of the molecule is CC1(C)c2ccccc2-c2ccc(N(c3ccc(-c4ccccc4)cc3)c3ccc4c(c3)c3cc5c(cc3n4-c3ccccc3)Oc3ccccc3O5)cc21. The van der Waals surface area contributed by atoms with Gasteiger partial charge in [-0.25, -0.2) is 0 Å². The molecule has 0 atom stereocenters. The Bertz CT molecular complexity index is 2940. The average Bonchev–Trinajstić information content (AvgIpc) is 3.67. The van der Waals surface area contributed by atoms with Crippen LogP contribution in [-0.2, 0) is 5.41 Å². The minimum absolute atomic E-state index is 0.127. The monoisotopic (exact) mass is 708 g/mol. The maximum absolute atomic E-state index is 6.46. The first-order valence-corrected chi connectivity index (χ1v) is 18.8. The lowest BCUT2D eigenvalue weighted by Crippen LogP contribution is -2.16. The molecule has 0 saturated heterocycles. The van der Waals surface area contributed by atoms with E-state index in [2.05, 4.69) is 181 Å². The summed E-state index contributed by atoms with van der Waals surface area (Å²) in [5.74, 6) is 2.84. The van der Waals surface area contributed by atoms with Gasteiger partial charge >= 0.3 is 0 Å². The highest BCUT2D eigenvalue weighted by atomic mass is 16.6. The number of hydrogen-bond donors (Lipinski definition) is 0. The standard InChI is InChI=1S/C51H36N2O2/c1-51(2)43-18-10-9-17-39(43)40-27-25-38(30-44(40)51)52(36-23-21-34(22-24-36)33-13-5-3-6-14-33)37-26-28-45-41(29-37)42-31-49-50(55-48-20-12-11-19-47(48)54-49)32-46(42)53(45)35-15-7-4-8-16-35/h3-32H,1-2H3. The molecule has 0 N–H and O–H groups in total. The number of ether oxygens (including phenoxy) is 2. The summed E-state index contributed by atoms with van der Waals surface area (Å²) in [4.78, 5) is 2.40. The van der Waals surface area contributed by atoms with Gasteiger partial charge in [-0.05, 0) is 106 Å². The van der Waals surface area contributed by atoms with Gasteiger partial charge in [-0.1, -0.05) is 117 Å². The van der Waals surface area contributed by atoms with Gasteiger partial charge in [-0.15, -0.1) is 0 Å². The van der Waals surface area contributed by atoms with Gasteiger partial charge in [0.05, 0.1) is 11.0 Å². The molecule has 262 valence electrons. The van der Waals surface area contributed by atoms with Gasteiger partial charge in [0.1, 0.15) is 0 Å². The molecule has 0 saturated carbocycles. The first kappa shape index (κ1) is 31.5. The summed E-state index contributed by atoms with van der Waals surface area (Å²) in [6.45, 7) is 4.69. The van der Waals surface area contributed by atoms with Crippen LogP contribution in [0.2, 0.25) is 0 Å². The van der Waals surface area contributed by atoms with E-state index < -0.39 is 0 Å². The Hall–Kier alpha value is -7.04. The predicted molar refractivity (Wildman–Crippen MR) is 225 cm³/mol. The minimum atomic E-state index is -0.127. The highest BCUT2D eigenvalue weighted by Crippen LogP contribution is 2.52. The average molecular weight is 709 g/mol. The van der Waals surface area contributed by atoms with Crippen molar-refractivity contribution in [1.82, 2.24) is 4.57 Å². The molecule has 4 nitrogen and oxygen atoms in total. The van der Waals surface area contributed by atoms with Crippen LogP contribution in [0.25, 0.3) is 49.7 Å². The fourth-order valence-electron chi connectivity index (χ4n) is 8.74. The molecule has 4 heteroatoms. The van der Waals surface area contributed by atoms with E-state index >= 15 is 0 Å². The minimum Gasteiger partial charge on any atom is -0.449 e. The van der Waals surface area contributed by atoms with Gasteiger partial charge in [0.25, 0.3) is 0 Å². The maximum atomic E-state index is 6.46. The van der Waals surface area contributed by atoms with Crippen LogP contribution >= 0.6 is 0 Å². The van der Waals surface area contributed by atoms with Gasteiger partial charge in [0, 0.05) is 45.0 Å². The number of anilines is 3. The largest absolute Gasteiger partial charge is 0.449 e. The Morgan fingerprint density at radius 1 is 0.418 bits per heavy atom. The molecule has 1 aliphatic heterocycles. The third-order valence-electron chi connectivity index (χ3n) is 11.4. The molecule has 0 unspecified atom stereocenters. The van der Waals surface area contributed by atoms with Crippen LogP contribution in [0.4, 0.5) is 17.1 Å². The van der Waals surface area contributed by atoms with E-state index in [4.69, 9.17) is 9.47 Å². The van der Waals surface area contributed by atoms with Gasteiger partial charge in [-0.3, -0.25) is 0 Å². The van der Waals surface area contributed by atoms with Crippen LogP contribution in [0.1, 0.15) is 25.0 Å². The molecule has 9 aromatic rings. The van der Waals surface area contributed by atoms with Crippen molar-refractivity contribution >= 4 is 38.9 Å². The van der Waals surface area contributed by atoms with Gasteiger partial charge in [0.2, 0.25) is 0 Å². The normalized spacial score (nSPS) is 13.3. The lowest BCUT2D eigenvalue weighted by Gasteiger charge is -2.28. The Labute approximate surface area is 320 Å². The summed E-state index contributed by atoms with van der Waals surface area (Å²) in [6.07, 6.45) is 0.